The van der Waals surface area contributed by atoms with E-state index in [0.717, 1.165) is 30.8 Å². The Labute approximate surface area is 253 Å². The van der Waals surface area contributed by atoms with Crippen molar-refractivity contribution < 1.29 is 14.3 Å². The van der Waals surface area contributed by atoms with Crippen molar-refractivity contribution in [1.29, 1.82) is 0 Å². The zero-order valence-corrected chi connectivity index (χ0v) is 26.5. The average Bonchev–Trinajstić information content (AvgIpc) is 3.47. The molecule has 0 aliphatic carbocycles. The molecule has 0 saturated heterocycles. The Kier molecular flexibility index (Phi) is 16.3. The molecule has 41 heavy (non-hydrogen) atoms. The topological polar surface area (TPSA) is 35.5 Å². The summed E-state index contributed by atoms with van der Waals surface area (Å²) in [6, 6.07) is 19.5. The van der Waals surface area contributed by atoms with Gasteiger partial charge in [-0.3, -0.25) is 0 Å². The van der Waals surface area contributed by atoms with Crippen molar-refractivity contribution in [2.45, 2.75) is 123 Å². The van der Waals surface area contributed by atoms with Gasteiger partial charge >= 0.3 is 5.97 Å². The van der Waals surface area contributed by atoms with Gasteiger partial charge in [0.2, 0.25) is 0 Å². The zero-order valence-electron chi connectivity index (χ0n) is 25.6. The van der Waals surface area contributed by atoms with E-state index in [1.807, 2.05) is 47.7 Å². The van der Waals surface area contributed by atoms with E-state index in [9.17, 15) is 4.79 Å². The van der Waals surface area contributed by atoms with E-state index in [1.165, 1.54) is 106 Å². The van der Waals surface area contributed by atoms with Crippen LogP contribution in [-0.2, 0) is 6.42 Å². The highest BCUT2D eigenvalue weighted by atomic mass is 32.1. The normalized spacial score (nSPS) is 11.1. The van der Waals surface area contributed by atoms with Crippen molar-refractivity contribution in [3.8, 4) is 21.9 Å². The number of benzene rings is 2. The summed E-state index contributed by atoms with van der Waals surface area (Å²) in [7, 11) is 0. The Morgan fingerprint density at radius 2 is 1.12 bits per heavy atom. The molecule has 0 spiro atoms. The molecule has 0 N–H and O–H groups in total. The number of carbonyl (C=O) groups excluding carboxylic acids is 1. The number of rotatable bonds is 22. The van der Waals surface area contributed by atoms with Crippen LogP contribution in [0, 0.1) is 0 Å². The Bertz CT molecular complexity index is 1080. The van der Waals surface area contributed by atoms with Crippen LogP contribution in [0.1, 0.15) is 132 Å². The number of hydrogen-bond donors (Lipinski definition) is 0. The van der Waals surface area contributed by atoms with Gasteiger partial charge in [-0.2, -0.15) is 0 Å². The largest absolute Gasteiger partial charge is 0.494 e. The van der Waals surface area contributed by atoms with Crippen LogP contribution in [0.4, 0.5) is 0 Å². The molecular formula is C37H52O3S. The molecule has 0 bridgehead atoms. The lowest BCUT2D eigenvalue weighted by Gasteiger charge is -2.08. The maximum absolute atomic E-state index is 12.7. The van der Waals surface area contributed by atoms with Crippen LogP contribution in [-0.4, -0.2) is 12.6 Å². The van der Waals surface area contributed by atoms with Crippen LogP contribution >= 0.6 is 11.3 Å². The minimum absolute atomic E-state index is 0.342. The molecule has 1 heterocycles. The predicted octanol–water partition coefficient (Wildman–Crippen LogP) is 11.8. The van der Waals surface area contributed by atoms with E-state index in [2.05, 4.69) is 26.0 Å². The number of esters is 1. The summed E-state index contributed by atoms with van der Waals surface area (Å²) in [6.45, 7) is 5.26. The number of hydrogen-bond acceptors (Lipinski definition) is 4. The molecule has 3 aromatic rings. The SMILES string of the molecule is CCCCCCCCCCCCOc1ccc(OC(=O)c2ccc(-c3ccc(CCCCCCCC)s3)cc2)cc1. The fourth-order valence-electron chi connectivity index (χ4n) is 5.07. The molecule has 3 nitrogen and oxygen atoms in total. The van der Waals surface area contributed by atoms with Gasteiger partial charge in [0.05, 0.1) is 12.2 Å². The summed E-state index contributed by atoms with van der Waals surface area (Å²) < 4.78 is 11.5. The van der Waals surface area contributed by atoms with Crippen molar-refractivity contribution in [3.63, 3.8) is 0 Å². The van der Waals surface area contributed by atoms with E-state index in [-0.39, 0.29) is 5.97 Å². The van der Waals surface area contributed by atoms with E-state index in [1.54, 1.807) is 12.1 Å². The van der Waals surface area contributed by atoms with Gasteiger partial charge in [0.15, 0.2) is 0 Å². The third kappa shape index (κ3) is 13.3. The molecule has 4 heteroatoms. The molecular weight excluding hydrogens is 524 g/mol. The first kappa shape index (κ1) is 32.9. The molecule has 0 atom stereocenters. The number of unbranched alkanes of at least 4 members (excludes halogenated alkanes) is 14. The van der Waals surface area contributed by atoms with E-state index in [4.69, 9.17) is 9.47 Å². The Morgan fingerprint density at radius 1 is 0.585 bits per heavy atom. The first-order valence-corrected chi connectivity index (χ1v) is 17.2. The number of thiophene rings is 1. The monoisotopic (exact) mass is 576 g/mol. The molecule has 0 saturated carbocycles. The smallest absolute Gasteiger partial charge is 0.343 e. The zero-order chi connectivity index (χ0) is 29.0. The second kappa shape index (κ2) is 20.3. The molecule has 0 aliphatic rings. The van der Waals surface area contributed by atoms with Gasteiger partial charge in [-0.15, -0.1) is 11.3 Å². The Hall–Kier alpha value is -2.59. The molecule has 0 unspecified atom stereocenters. The molecule has 0 fully saturated rings. The lowest BCUT2D eigenvalue weighted by molar-refractivity contribution is 0.0734. The molecule has 0 amide bonds. The minimum Gasteiger partial charge on any atom is -0.494 e. The maximum Gasteiger partial charge on any atom is 0.343 e. The van der Waals surface area contributed by atoms with Crippen molar-refractivity contribution in [2.24, 2.45) is 0 Å². The number of carbonyl (C=O) groups is 1. The molecule has 3 rings (SSSR count). The summed E-state index contributed by atoms with van der Waals surface area (Å²) in [6.07, 6.45) is 22.3. The lowest BCUT2D eigenvalue weighted by atomic mass is 10.1. The van der Waals surface area contributed by atoms with Crippen LogP contribution in [0.25, 0.3) is 10.4 Å². The second-order valence-corrected chi connectivity index (χ2v) is 12.4. The summed E-state index contributed by atoms with van der Waals surface area (Å²) in [5, 5.41) is 0. The fourth-order valence-corrected chi connectivity index (χ4v) is 6.12. The Morgan fingerprint density at radius 3 is 1.73 bits per heavy atom. The highest BCUT2D eigenvalue weighted by molar-refractivity contribution is 7.15. The first-order valence-electron chi connectivity index (χ1n) is 16.3. The summed E-state index contributed by atoms with van der Waals surface area (Å²) in [4.78, 5) is 15.4. The van der Waals surface area contributed by atoms with Gasteiger partial charge in [0.25, 0.3) is 0 Å². The average molecular weight is 577 g/mol. The minimum atomic E-state index is -0.342. The van der Waals surface area contributed by atoms with Gasteiger partial charge < -0.3 is 9.47 Å². The molecule has 0 radical (unpaired) electrons. The number of ether oxygens (including phenoxy) is 2. The van der Waals surface area contributed by atoms with Crippen LogP contribution in [0.2, 0.25) is 0 Å². The predicted molar refractivity (Wildman–Crippen MR) is 176 cm³/mol. The van der Waals surface area contributed by atoms with Crippen LogP contribution in [0.3, 0.4) is 0 Å². The second-order valence-electron chi connectivity index (χ2n) is 11.3. The van der Waals surface area contributed by atoms with E-state index >= 15 is 0 Å². The van der Waals surface area contributed by atoms with Gasteiger partial charge in [-0.05, 0) is 73.4 Å². The summed E-state index contributed by atoms with van der Waals surface area (Å²) in [5.74, 6) is 1.00. The fraction of sp³-hybridized carbons (Fsp3) is 0.541. The van der Waals surface area contributed by atoms with Crippen molar-refractivity contribution in [1.82, 2.24) is 0 Å². The number of aryl methyl sites for hydroxylation is 1. The van der Waals surface area contributed by atoms with Crippen molar-refractivity contribution in [2.75, 3.05) is 6.61 Å². The highest BCUT2D eigenvalue weighted by Gasteiger charge is 2.10. The quantitative estimate of drug-likeness (QED) is 0.0678. The van der Waals surface area contributed by atoms with Crippen molar-refractivity contribution in [3.05, 3.63) is 71.1 Å². The highest BCUT2D eigenvalue weighted by Crippen LogP contribution is 2.30. The summed E-state index contributed by atoms with van der Waals surface area (Å²) >= 11 is 1.86. The third-order valence-electron chi connectivity index (χ3n) is 7.64. The molecule has 2 aromatic carbocycles. The van der Waals surface area contributed by atoms with E-state index in [0.29, 0.717) is 11.3 Å². The van der Waals surface area contributed by atoms with Crippen LogP contribution in [0.5, 0.6) is 11.5 Å². The van der Waals surface area contributed by atoms with Crippen molar-refractivity contribution >= 4 is 17.3 Å². The van der Waals surface area contributed by atoms with Gasteiger partial charge in [0.1, 0.15) is 11.5 Å². The molecule has 1 aromatic heterocycles. The Balaban J connectivity index is 1.32. The molecule has 224 valence electrons. The summed E-state index contributed by atoms with van der Waals surface area (Å²) in [5.41, 5.74) is 1.70. The molecule has 0 aliphatic heterocycles. The first-order chi connectivity index (χ1) is 20.2. The van der Waals surface area contributed by atoms with Gasteiger partial charge in [-0.1, -0.05) is 116 Å². The van der Waals surface area contributed by atoms with Crippen LogP contribution < -0.4 is 9.47 Å². The standard InChI is InChI=1S/C37H52O3S/c1-3-5-7-9-11-12-13-14-16-18-30-39-33-24-26-34(27-25-33)40-37(38)32-22-20-31(21-23-32)36-29-28-35(41-36)19-17-15-10-8-6-4-2/h20-29H,3-19,30H2,1-2H3. The maximum atomic E-state index is 12.7. The third-order valence-corrected chi connectivity index (χ3v) is 8.84. The van der Waals surface area contributed by atoms with Crippen LogP contribution in [0.15, 0.2) is 60.7 Å². The van der Waals surface area contributed by atoms with Gasteiger partial charge in [0, 0.05) is 9.75 Å². The lowest BCUT2D eigenvalue weighted by Crippen LogP contribution is -2.08. The van der Waals surface area contributed by atoms with Gasteiger partial charge in [-0.25, -0.2) is 4.79 Å². The van der Waals surface area contributed by atoms with E-state index < -0.39 is 0 Å².